The maximum atomic E-state index is 12.3. The second-order valence-electron chi connectivity index (χ2n) is 4.24. The van der Waals surface area contributed by atoms with Crippen LogP contribution in [0.3, 0.4) is 0 Å². The lowest BCUT2D eigenvalue weighted by Crippen LogP contribution is -2.16. The van der Waals surface area contributed by atoms with E-state index in [0.29, 0.717) is 10.8 Å². The van der Waals surface area contributed by atoms with Crippen molar-refractivity contribution in [2.75, 3.05) is 17.7 Å². The van der Waals surface area contributed by atoms with Gasteiger partial charge < -0.3 is 10.6 Å². The lowest BCUT2D eigenvalue weighted by Gasteiger charge is -2.10. The van der Waals surface area contributed by atoms with Crippen molar-refractivity contribution in [3.05, 3.63) is 52.7 Å². The van der Waals surface area contributed by atoms with Crippen molar-refractivity contribution < 1.29 is 4.79 Å². The summed E-state index contributed by atoms with van der Waals surface area (Å²) in [7, 11) is 1.74. The van der Waals surface area contributed by atoms with Crippen molar-refractivity contribution in [3.63, 3.8) is 0 Å². The van der Waals surface area contributed by atoms with Crippen molar-refractivity contribution in [3.8, 4) is 0 Å². The van der Waals surface area contributed by atoms with E-state index in [9.17, 15) is 4.79 Å². The van der Waals surface area contributed by atoms with Gasteiger partial charge in [-0.15, -0.1) is 0 Å². The molecular formula is C15H16ClN3O. The van der Waals surface area contributed by atoms with Crippen LogP contribution in [0.2, 0.25) is 5.02 Å². The van der Waals surface area contributed by atoms with Gasteiger partial charge in [0.05, 0.1) is 5.02 Å². The zero-order chi connectivity index (χ0) is 14.5. The number of carbonyl (C=O) groups excluding carboxylic acids is 1. The Kier molecular flexibility index (Phi) is 4.58. The van der Waals surface area contributed by atoms with E-state index in [1.807, 2.05) is 31.2 Å². The first kappa shape index (κ1) is 14.3. The zero-order valence-corrected chi connectivity index (χ0v) is 12.2. The summed E-state index contributed by atoms with van der Waals surface area (Å²) < 4.78 is 0. The van der Waals surface area contributed by atoms with Gasteiger partial charge in [0.15, 0.2) is 0 Å². The highest BCUT2D eigenvalue weighted by Crippen LogP contribution is 2.20. The molecule has 1 heterocycles. The monoisotopic (exact) mass is 289 g/mol. The lowest BCUT2D eigenvalue weighted by atomic mass is 10.1. The Bertz CT molecular complexity index is 628. The van der Waals surface area contributed by atoms with Gasteiger partial charge in [0, 0.05) is 12.7 Å². The third-order valence-electron chi connectivity index (χ3n) is 2.96. The normalized spacial score (nSPS) is 10.2. The summed E-state index contributed by atoms with van der Waals surface area (Å²) in [6, 6.07) is 11.1. The van der Waals surface area contributed by atoms with E-state index in [-0.39, 0.29) is 11.6 Å². The maximum absolute atomic E-state index is 12.3. The number of halogens is 1. The number of para-hydroxylation sites is 1. The fraction of sp³-hybridized carbons (Fsp3) is 0.200. The molecule has 1 aromatic heterocycles. The van der Waals surface area contributed by atoms with Gasteiger partial charge in [-0.25, -0.2) is 4.98 Å². The van der Waals surface area contributed by atoms with E-state index in [1.54, 1.807) is 19.2 Å². The Morgan fingerprint density at radius 2 is 2.00 bits per heavy atom. The molecule has 0 bridgehead atoms. The van der Waals surface area contributed by atoms with E-state index >= 15 is 0 Å². The first-order valence-corrected chi connectivity index (χ1v) is 6.77. The lowest BCUT2D eigenvalue weighted by molar-refractivity contribution is 0.102. The Morgan fingerprint density at radius 1 is 1.25 bits per heavy atom. The van der Waals surface area contributed by atoms with Crippen LogP contribution in [0.5, 0.6) is 0 Å². The molecule has 2 aromatic rings. The van der Waals surface area contributed by atoms with Crippen molar-refractivity contribution in [1.29, 1.82) is 0 Å². The van der Waals surface area contributed by atoms with Crippen LogP contribution in [0.4, 0.5) is 11.5 Å². The number of anilines is 2. The molecule has 1 amide bonds. The van der Waals surface area contributed by atoms with Gasteiger partial charge >= 0.3 is 0 Å². The molecule has 0 radical (unpaired) electrons. The van der Waals surface area contributed by atoms with E-state index in [4.69, 9.17) is 11.6 Å². The molecule has 104 valence electrons. The predicted molar refractivity (Wildman–Crippen MR) is 82.6 cm³/mol. The van der Waals surface area contributed by atoms with E-state index < -0.39 is 0 Å². The van der Waals surface area contributed by atoms with E-state index in [2.05, 4.69) is 15.6 Å². The smallest absolute Gasteiger partial charge is 0.275 e. The summed E-state index contributed by atoms with van der Waals surface area (Å²) in [5.41, 5.74) is 2.07. The Hall–Kier alpha value is -2.07. The molecule has 20 heavy (non-hydrogen) atoms. The highest BCUT2D eigenvalue weighted by atomic mass is 35.5. The summed E-state index contributed by atoms with van der Waals surface area (Å²) in [6.45, 7) is 2.04. The summed E-state index contributed by atoms with van der Waals surface area (Å²) in [6.07, 6.45) is 0.841. The minimum Gasteiger partial charge on any atom is -0.373 e. The number of nitrogens with zero attached hydrogens (tertiary/aromatic N) is 1. The van der Waals surface area contributed by atoms with Crippen LogP contribution >= 0.6 is 11.6 Å². The molecule has 0 saturated carbocycles. The number of hydrogen-bond acceptors (Lipinski definition) is 3. The van der Waals surface area contributed by atoms with Crippen LogP contribution in [0.1, 0.15) is 23.0 Å². The molecule has 1 aromatic carbocycles. The topological polar surface area (TPSA) is 54.0 Å². The third-order valence-corrected chi connectivity index (χ3v) is 3.27. The Labute approximate surface area is 123 Å². The van der Waals surface area contributed by atoms with Gasteiger partial charge in [-0.05, 0) is 30.2 Å². The standard InChI is InChI=1S/C15H16ClN3O/c1-3-10-6-4-5-7-12(10)18-15(20)14-11(16)8-9-13(17-2)19-14/h4-9H,3H2,1-2H3,(H,17,19)(H,18,20). The molecule has 2 rings (SSSR count). The molecular weight excluding hydrogens is 274 g/mol. The average Bonchev–Trinajstić information content (AvgIpc) is 2.48. The van der Waals surface area contributed by atoms with Crippen molar-refractivity contribution in [2.45, 2.75) is 13.3 Å². The predicted octanol–water partition coefficient (Wildman–Crippen LogP) is 3.59. The molecule has 0 spiro atoms. The number of nitrogens with one attached hydrogen (secondary N) is 2. The van der Waals surface area contributed by atoms with Gasteiger partial charge in [0.2, 0.25) is 0 Å². The number of amides is 1. The third kappa shape index (κ3) is 3.08. The number of aryl methyl sites for hydroxylation is 1. The van der Waals surface area contributed by atoms with Crippen LogP contribution < -0.4 is 10.6 Å². The fourth-order valence-corrected chi connectivity index (χ4v) is 2.06. The van der Waals surface area contributed by atoms with Crippen LogP contribution in [-0.2, 0) is 6.42 Å². The largest absolute Gasteiger partial charge is 0.373 e. The molecule has 0 fully saturated rings. The molecule has 0 saturated heterocycles. The SMILES string of the molecule is CCc1ccccc1NC(=O)c1nc(NC)ccc1Cl. The summed E-state index contributed by atoms with van der Waals surface area (Å²) in [5.74, 6) is 0.288. The molecule has 0 aliphatic heterocycles. The van der Waals surface area contributed by atoms with E-state index in [0.717, 1.165) is 17.7 Å². The Balaban J connectivity index is 2.28. The van der Waals surface area contributed by atoms with Gasteiger partial charge in [0.1, 0.15) is 11.5 Å². The molecule has 5 heteroatoms. The van der Waals surface area contributed by atoms with Crippen molar-refractivity contribution >= 4 is 29.0 Å². The minimum atomic E-state index is -0.312. The van der Waals surface area contributed by atoms with E-state index in [1.165, 1.54) is 0 Å². The van der Waals surface area contributed by atoms with Crippen molar-refractivity contribution in [2.24, 2.45) is 0 Å². The van der Waals surface area contributed by atoms with Crippen LogP contribution in [-0.4, -0.2) is 17.9 Å². The van der Waals surface area contributed by atoms with Crippen LogP contribution in [0, 0.1) is 0 Å². The van der Waals surface area contributed by atoms with Gasteiger partial charge in [-0.1, -0.05) is 36.7 Å². The minimum absolute atomic E-state index is 0.212. The molecule has 0 unspecified atom stereocenters. The van der Waals surface area contributed by atoms with Gasteiger partial charge in [-0.3, -0.25) is 4.79 Å². The highest BCUT2D eigenvalue weighted by Gasteiger charge is 2.14. The van der Waals surface area contributed by atoms with Crippen LogP contribution in [0.25, 0.3) is 0 Å². The number of aromatic nitrogens is 1. The summed E-state index contributed by atoms with van der Waals surface area (Å²) in [5, 5.41) is 6.07. The molecule has 4 nitrogen and oxygen atoms in total. The first-order chi connectivity index (χ1) is 9.65. The second kappa shape index (κ2) is 6.39. The highest BCUT2D eigenvalue weighted by molar-refractivity contribution is 6.34. The number of hydrogen-bond donors (Lipinski definition) is 2. The molecule has 0 atom stereocenters. The van der Waals surface area contributed by atoms with Crippen molar-refractivity contribution in [1.82, 2.24) is 4.98 Å². The van der Waals surface area contributed by atoms with Gasteiger partial charge in [-0.2, -0.15) is 0 Å². The molecule has 0 aliphatic rings. The number of rotatable bonds is 4. The Morgan fingerprint density at radius 3 is 2.70 bits per heavy atom. The number of pyridine rings is 1. The number of benzene rings is 1. The average molecular weight is 290 g/mol. The van der Waals surface area contributed by atoms with Gasteiger partial charge in [0.25, 0.3) is 5.91 Å². The quantitative estimate of drug-likeness (QED) is 0.904. The molecule has 0 aliphatic carbocycles. The number of carbonyl (C=O) groups is 1. The molecule has 2 N–H and O–H groups in total. The zero-order valence-electron chi connectivity index (χ0n) is 11.4. The summed E-state index contributed by atoms with van der Waals surface area (Å²) >= 11 is 6.04. The fourth-order valence-electron chi connectivity index (χ4n) is 1.87. The first-order valence-electron chi connectivity index (χ1n) is 6.39. The van der Waals surface area contributed by atoms with Crippen LogP contribution in [0.15, 0.2) is 36.4 Å². The maximum Gasteiger partial charge on any atom is 0.275 e. The summed E-state index contributed by atoms with van der Waals surface area (Å²) in [4.78, 5) is 16.5. The second-order valence-corrected chi connectivity index (χ2v) is 4.65.